The molecule has 1 aliphatic rings. The highest BCUT2D eigenvalue weighted by atomic mass is 32.2. The van der Waals surface area contributed by atoms with E-state index in [2.05, 4.69) is 4.74 Å². The predicted octanol–water partition coefficient (Wildman–Crippen LogP) is 3.69. The first kappa shape index (κ1) is 25.7. The number of esters is 1. The Labute approximate surface area is 189 Å². The molecular formula is C24H36O6S. The van der Waals surface area contributed by atoms with Gasteiger partial charge in [0.15, 0.2) is 0 Å². The van der Waals surface area contributed by atoms with Crippen LogP contribution in [0.3, 0.4) is 0 Å². The molecule has 0 amide bonds. The van der Waals surface area contributed by atoms with E-state index in [1.165, 1.54) is 18.9 Å². The fourth-order valence-electron chi connectivity index (χ4n) is 3.76. The summed E-state index contributed by atoms with van der Waals surface area (Å²) in [5, 5.41) is 20.9. The Kier molecular flexibility index (Phi) is 10.3. The van der Waals surface area contributed by atoms with Gasteiger partial charge in [0.1, 0.15) is 23.7 Å². The topological polar surface area (TPSA) is 93.1 Å². The summed E-state index contributed by atoms with van der Waals surface area (Å²) in [6, 6.07) is 7.66. The van der Waals surface area contributed by atoms with Crippen LogP contribution in [0.25, 0.3) is 0 Å². The maximum atomic E-state index is 12.4. The first-order chi connectivity index (χ1) is 14.7. The number of carbonyl (C=O) groups excluding carboxylic acids is 2. The number of unbranched alkanes of at least 4 members (excludes halogenated alkanes) is 3. The average Bonchev–Trinajstić information content (AvgIpc) is 3.00. The molecule has 174 valence electrons. The van der Waals surface area contributed by atoms with E-state index < -0.39 is 11.7 Å². The van der Waals surface area contributed by atoms with Crippen molar-refractivity contribution >= 4 is 23.5 Å². The number of hydrogen-bond acceptors (Lipinski definition) is 7. The van der Waals surface area contributed by atoms with Gasteiger partial charge in [-0.2, -0.15) is 11.8 Å². The van der Waals surface area contributed by atoms with Gasteiger partial charge in [-0.15, -0.1) is 0 Å². The summed E-state index contributed by atoms with van der Waals surface area (Å²) in [5.74, 6) is 0.814. The molecule has 0 saturated heterocycles. The third kappa shape index (κ3) is 8.83. The van der Waals surface area contributed by atoms with Crippen LogP contribution in [-0.4, -0.2) is 58.4 Å². The number of ether oxygens (including phenoxy) is 2. The predicted molar refractivity (Wildman–Crippen MR) is 122 cm³/mol. The number of aliphatic hydroxyl groups is 2. The lowest BCUT2D eigenvalue weighted by Crippen LogP contribution is -2.37. The maximum absolute atomic E-state index is 12.4. The van der Waals surface area contributed by atoms with Crippen LogP contribution in [0.15, 0.2) is 24.3 Å². The molecule has 2 unspecified atom stereocenters. The molecule has 0 spiro atoms. The fraction of sp³-hybridized carbons (Fsp3) is 0.667. The van der Waals surface area contributed by atoms with E-state index in [0.717, 1.165) is 37.7 Å². The first-order valence-corrected chi connectivity index (χ1v) is 12.1. The number of Topliss-reactive ketones (excluding diaryl/α,β-unsaturated/α-hetero) is 1. The number of thioether (sulfide) groups is 1. The SMILES string of the molecule is COC(=O)CCCCCC[C@H]1C(=O)CC(O)[C@@H]1SCC(C)(O)COc1ccc(C)cc1. The molecule has 0 radical (unpaired) electrons. The molecule has 1 aromatic rings. The molecular weight excluding hydrogens is 416 g/mol. The number of aryl methyl sites for hydroxylation is 1. The normalized spacial score (nSPS) is 22.9. The van der Waals surface area contributed by atoms with Gasteiger partial charge in [0.25, 0.3) is 0 Å². The Balaban J connectivity index is 1.76. The second kappa shape index (κ2) is 12.5. The van der Waals surface area contributed by atoms with Crippen LogP contribution in [0, 0.1) is 12.8 Å². The van der Waals surface area contributed by atoms with E-state index >= 15 is 0 Å². The molecule has 1 aliphatic carbocycles. The lowest BCUT2D eigenvalue weighted by atomic mass is 9.98. The van der Waals surface area contributed by atoms with Crippen LogP contribution in [0.4, 0.5) is 0 Å². The standard InChI is InChI=1S/C24H36O6S/c1-17-10-12-18(13-11-17)30-15-24(2,28)16-31-23-19(20(25)14-21(23)26)8-6-4-5-7-9-22(27)29-3/h10-13,19,21,23,26,28H,4-9,14-16H2,1-3H3/t19-,21?,23+,24?/m0/s1. The van der Waals surface area contributed by atoms with Crippen LogP contribution in [0.1, 0.15) is 57.4 Å². The number of hydrogen-bond donors (Lipinski definition) is 2. The zero-order valence-electron chi connectivity index (χ0n) is 18.8. The molecule has 2 N–H and O–H groups in total. The molecule has 4 atom stereocenters. The number of aliphatic hydroxyl groups excluding tert-OH is 1. The summed E-state index contributed by atoms with van der Waals surface area (Å²) in [6.45, 7) is 3.86. The van der Waals surface area contributed by atoms with Gasteiger partial charge in [-0.1, -0.05) is 37.0 Å². The number of ketones is 1. The van der Waals surface area contributed by atoms with Gasteiger partial charge in [0.2, 0.25) is 0 Å². The van der Waals surface area contributed by atoms with E-state index in [-0.39, 0.29) is 35.9 Å². The van der Waals surface area contributed by atoms with E-state index in [1.54, 1.807) is 6.92 Å². The second-order valence-electron chi connectivity index (χ2n) is 8.75. The quantitative estimate of drug-likeness (QED) is 0.348. The van der Waals surface area contributed by atoms with E-state index in [1.807, 2.05) is 31.2 Å². The van der Waals surface area contributed by atoms with E-state index in [0.29, 0.717) is 17.9 Å². The van der Waals surface area contributed by atoms with Gasteiger partial charge >= 0.3 is 5.97 Å². The summed E-state index contributed by atoms with van der Waals surface area (Å²) >= 11 is 1.46. The average molecular weight is 453 g/mol. The van der Waals surface area contributed by atoms with Gasteiger partial charge in [-0.05, 0) is 38.8 Å². The zero-order valence-corrected chi connectivity index (χ0v) is 19.7. The summed E-state index contributed by atoms with van der Waals surface area (Å²) in [5.41, 5.74) is 0.0726. The molecule has 1 saturated carbocycles. The van der Waals surface area contributed by atoms with Crippen molar-refractivity contribution in [2.45, 2.75) is 75.7 Å². The van der Waals surface area contributed by atoms with Gasteiger partial charge < -0.3 is 19.7 Å². The highest BCUT2D eigenvalue weighted by Gasteiger charge is 2.42. The van der Waals surface area contributed by atoms with Crippen LogP contribution in [0.5, 0.6) is 5.75 Å². The molecule has 2 rings (SSSR count). The monoisotopic (exact) mass is 452 g/mol. The fourth-order valence-corrected chi connectivity index (χ4v) is 5.23. The van der Waals surface area contributed by atoms with Crippen molar-refractivity contribution in [1.82, 2.24) is 0 Å². The van der Waals surface area contributed by atoms with Gasteiger partial charge in [-0.25, -0.2) is 0 Å². The van der Waals surface area contributed by atoms with E-state index in [9.17, 15) is 19.8 Å². The molecule has 1 aromatic carbocycles. The minimum absolute atomic E-state index is 0.107. The molecule has 0 bridgehead atoms. The first-order valence-electron chi connectivity index (χ1n) is 11.0. The van der Waals surface area contributed by atoms with Gasteiger partial charge in [-0.3, -0.25) is 9.59 Å². The number of benzene rings is 1. The Morgan fingerprint density at radius 3 is 2.55 bits per heavy atom. The van der Waals surface area contributed by atoms with Crippen LogP contribution in [-0.2, 0) is 14.3 Å². The Hall–Kier alpha value is -1.57. The molecule has 1 fully saturated rings. The molecule has 6 nitrogen and oxygen atoms in total. The van der Waals surface area contributed by atoms with Crippen LogP contribution >= 0.6 is 11.8 Å². The van der Waals surface area contributed by atoms with Gasteiger partial charge in [0, 0.05) is 29.8 Å². The summed E-state index contributed by atoms with van der Waals surface area (Å²) in [4.78, 5) is 23.5. The number of methoxy groups -OCH3 is 1. The molecule has 31 heavy (non-hydrogen) atoms. The van der Waals surface area contributed by atoms with Crippen molar-refractivity contribution in [3.63, 3.8) is 0 Å². The van der Waals surface area contributed by atoms with Crippen molar-refractivity contribution < 1.29 is 29.3 Å². The van der Waals surface area contributed by atoms with Crippen molar-refractivity contribution in [1.29, 1.82) is 0 Å². The maximum Gasteiger partial charge on any atom is 0.305 e. The third-order valence-corrected chi connectivity index (χ3v) is 7.45. The second-order valence-corrected chi connectivity index (χ2v) is 9.91. The van der Waals surface area contributed by atoms with Crippen molar-refractivity contribution in [2.24, 2.45) is 5.92 Å². The summed E-state index contributed by atoms with van der Waals surface area (Å²) in [7, 11) is 1.39. The van der Waals surface area contributed by atoms with Crippen molar-refractivity contribution in [3.8, 4) is 5.75 Å². The largest absolute Gasteiger partial charge is 0.491 e. The molecule has 7 heteroatoms. The summed E-state index contributed by atoms with van der Waals surface area (Å²) < 4.78 is 10.4. The lowest BCUT2D eigenvalue weighted by molar-refractivity contribution is -0.140. The van der Waals surface area contributed by atoms with Crippen molar-refractivity contribution in [2.75, 3.05) is 19.5 Å². The van der Waals surface area contributed by atoms with Crippen molar-refractivity contribution in [3.05, 3.63) is 29.8 Å². The molecule has 0 aromatic heterocycles. The minimum atomic E-state index is -1.07. The lowest BCUT2D eigenvalue weighted by Gasteiger charge is -2.27. The minimum Gasteiger partial charge on any atom is -0.491 e. The Morgan fingerprint density at radius 2 is 1.87 bits per heavy atom. The van der Waals surface area contributed by atoms with Crippen LogP contribution in [0.2, 0.25) is 0 Å². The molecule has 0 aliphatic heterocycles. The highest BCUT2D eigenvalue weighted by Crippen LogP contribution is 2.37. The van der Waals surface area contributed by atoms with E-state index in [4.69, 9.17) is 4.74 Å². The third-order valence-electron chi connectivity index (χ3n) is 5.63. The Bertz CT molecular complexity index is 703. The summed E-state index contributed by atoms with van der Waals surface area (Å²) in [6.07, 6.45) is 4.20. The van der Waals surface area contributed by atoms with Crippen LogP contribution < -0.4 is 4.74 Å². The number of carbonyl (C=O) groups is 2. The Morgan fingerprint density at radius 1 is 1.19 bits per heavy atom. The zero-order chi connectivity index (χ0) is 22.9. The highest BCUT2D eigenvalue weighted by molar-refractivity contribution is 8.00. The molecule has 0 heterocycles. The number of rotatable bonds is 13. The smallest absolute Gasteiger partial charge is 0.305 e. The van der Waals surface area contributed by atoms with Gasteiger partial charge in [0.05, 0.1) is 13.2 Å².